The highest BCUT2D eigenvalue weighted by Gasteiger charge is 2.22. The van der Waals surface area contributed by atoms with Crippen LogP contribution in [0.1, 0.15) is 30.9 Å². The van der Waals surface area contributed by atoms with Crippen molar-refractivity contribution < 1.29 is 13.9 Å². The van der Waals surface area contributed by atoms with E-state index >= 15 is 0 Å². The second-order valence-electron chi connectivity index (χ2n) is 4.49. The summed E-state index contributed by atoms with van der Waals surface area (Å²) in [6.07, 6.45) is 3.06. The molecule has 2 N–H and O–H groups in total. The molecule has 0 radical (unpaired) electrons. The van der Waals surface area contributed by atoms with Gasteiger partial charge in [0, 0.05) is 24.3 Å². The second-order valence-corrected chi connectivity index (χ2v) is 5.34. The van der Waals surface area contributed by atoms with Crippen molar-refractivity contribution in [2.45, 2.75) is 31.4 Å². The van der Waals surface area contributed by atoms with Gasteiger partial charge >= 0.3 is 0 Å². The first-order valence-corrected chi connectivity index (χ1v) is 6.81. The minimum Gasteiger partial charge on any atom is -0.496 e. The van der Waals surface area contributed by atoms with Crippen LogP contribution in [-0.4, -0.2) is 19.8 Å². The first-order chi connectivity index (χ1) is 8.61. The molecule has 0 aliphatic carbocycles. The van der Waals surface area contributed by atoms with Crippen molar-refractivity contribution in [1.82, 2.24) is 0 Å². The molecule has 5 heteroatoms. The molecule has 1 aromatic carbocycles. The van der Waals surface area contributed by atoms with E-state index in [-0.39, 0.29) is 18.0 Å². The minimum absolute atomic E-state index is 0.202. The van der Waals surface area contributed by atoms with Crippen LogP contribution in [0.5, 0.6) is 5.75 Å². The van der Waals surface area contributed by atoms with Crippen molar-refractivity contribution in [3.8, 4) is 5.75 Å². The Morgan fingerprint density at radius 2 is 2.39 bits per heavy atom. The van der Waals surface area contributed by atoms with Gasteiger partial charge in [0.25, 0.3) is 0 Å². The molecule has 1 fully saturated rings. The van der Waals surface area contributed by atoms with Gasteiger partial charge in [0.05, 0.1) is 17.7 Å². The average Bonchev–Trinajstić information content (AvgIpc) is 2.84. The third-order valence-electron chi connectivity index (χ3n) is 3.21. The van der Waals surface area contributed by atoms with Crippen LogP contribution in [0, 0.1) is 5.82 Å². The quantitative estimate of drug-likeness (QED) is 0.927. The monoisotopic (exact) mass is 317 g/mol. The van der Waals surface area contributed by atoms with E-state index in [2.05, 4.69) is 15.9 Å². The number of ether oxygens (including phenoxy) is 2. The molecule has 0 saturated carbocycles. The van der Waals surface area contributed by atoms with Gasteiger partial charge in [-0.25, -0.2) is 4.39 Å². The Kier molecular flexibility index (Phi) is 4.59. The van der Waals surface area contributed by atoms with E-state index in [4.69, 9.17) is 15.2 Å². The van der Waals surface area contributed by atoms with Crippen LogP contribution in [-0.2, 0) is 4.74 Å². The lowest BCUT2D eigenvalue weighted by atomic mass is 9.99. The fraction of sp³-hybridized carbons (Fsp3) is 0.538. The second kappa shape index (κ2) is 5.99. The third kappa shape index (κ3) is 3.02. The van der Waals surface area contributed by atoms with E-state index in [9.17, 15) is 4.39 Å². The highest BCUT2D eigenvalue weighted by molar-refractivity contribution is 9.10. The summed E-state index contributed by atoms with van der Waals surface area (Å²) in [6.45, 7) is 0.807. The number of hydrogen-bond donors (Lipinski definition) is 1. The molecule has 1 heterocycles. The van der Waals surface area contributed by atoms with E-state index in [0.717, 1.165) is 31.4 Å². The van der Waals surface area contributed by atoms with Crippen molar-refractivity contribution in [1.29, 1.82) is 0 Å². The van der Waals surface area contributed by atoms with Crippen LogP contribution in [0.25, 0.3) is 0 Å². The van der Waals surface area contributed by atoms with Crippen LogP contribution in [0.2, 0.25) is 0 Å². The maximum absolute atomic E-state index is 13.4. The number of nitrogens with two attached hydrogens (primary N) is 1. The van der Waals surface area contributed by atoms with Gasteiger partial charge in [-0.15, -0.1) is 0 Å². The molecule has 1 aromatic rings. The van der Waals surface area contributed by atoms with Crippen molar-refractivity contribution >= 4 is 15.9 Å². The normalized spacial score (nSPS) is 21.0. The van der Waals surface area contributed by atoms with Crippen LogP contribution in [0.3, 0.4) is 0 Å². The lowest BCUT2D eigenvalue weighted by Crippen LogP contribution is -2.19. The lowest BCUT2D eigenvalue weighted by Gasteiger charge is -2.19. The molecule has 0 bridgehead atoms. The van der Waals surface area contributed by atoms with Gasteiger partial charge in [0.2, 0.25) is 0 Å². The molecule has 18 heavy (non-hydrogen) atoms. The predicted molar refractivity (Wildman–Crippen MR) is 71.2 cm³/mol. The van der Waals surface area contributed by atoms with E-state index in [1.165, 1.54) is 13.2 Å². The number of rotatable bonds is 4. The molecule has 2 atom stereocenters. The molecule has 1 aliphatic heterocycles. The summed E-state index contributed by atoms with van der Waals surface area (Å²) in [6, 6.07) is 2.84. The minimum atomic E-state index is -0.347. The van der Waals surface area contributed by atoms with Gasteiger partial charge in [-0.3, -0.25) is 0 Å². The Bertz CT molecular complexity index is 422. The van der Waals surface area contributed by atoms with Crippen LogP contribution in [0.4, 0.5) is 4.39 Å². The van der Waals surface area contributed by atoms with E-state index in [1.807, 2.05) is 0 Å². The first kappa shape index (κ1) is 13.8. The predicted octanol–water partition coefficient (Wildman–Crippen LogP) is 3.17. The Hall–Kier alpha value is -0.650. The number of halogens is 2. The summed E-state index contributed by atoms with van der Waals surface area (Å²) >= 11 is 3.17. The Labute approximate surface area is 115 Å². The lowest BCUT2D eigenvalue weighted by molar-refractivity contribution is 0.0981. The zero-order valence-corrected chi connectivity index (χ0v) is 11.9. The van der Waals surface area contributed by atoms with Crippen molar-refractivity contribution in [3.05, 3.63) is 28.0 Å². The van der Waals surface area contributed by atoms with Crippen molar-refractivity contribution in [2.24, 2.45) is 5.73 Å². The fourth-order valence-corrected chi connectivity index (χ4v) is 2.61. The summed E-state index contributed by atoms with van der Waals surface area (Å²) < 4.78 is 24.6. The summed E-state index contributed by atoms with van der Waals surface area (Å²) in [5.74, 6) is 0.140. The SMILES string of the molecule is COc1cc(F)c(Br)cc1C(N)CC1CCCO1. The van der Waals surface area contributed by atoms with Gasteiger partial charge in [0.15, 0.2) is 0 Å². The van der Waals surface area contributed by atoms with Crippen LogP contribution >= 0.6 is 15.9 Å². The first-order valence-electron chi connectivity index (χ1n) is 6.02. The van der Waals surface area contributed by atoms with E-state index in [1.54, 1.807) is 6.07 Å². The van der Waals surface area contributed by atoms with Gasteiger partial charge < -0.3 is 15.2 Å². The zero-order chi connectivity index (χ0) is 13.1. The smallest absolute Gasteiger partial charge is 0.141 e. The molecule has 2 rings (SSSR count). The van der Waals surface area contributed by atoms with Crippen molar-refractivity contribution in [2.75, 3.05) is 13.7 Å². The highest BCUT2D eigenvalue weighted by atomic mass is 79.9. The van der Waals surface area contributed by atoms with Gasteiger partial charge in [-0.05, 0) is 41.3 Å². The molecule has 2 unspecified atom stereocenters. The molecular weight excluding hydrogens is 301 g/mol. The topological polar surface area (TPSA) is 44.5 Å². The zero-order valence-electron chi connectivity index (χ0n) is 10.3. The van der Waals surface area contributed by atoms with Crippen LogP contribution < -0.4 is 10.5 Å². The number of benzene rings is 1. The third-order valence-corrected chi connectivity index (χ3v) is 3.82. The number of hydrogen-bond acceptors (Lipinski definition) is 3. The molecule has 100 valence electrons. The van der Waals surface area contributed by atoms with Crippen molar-refractivity contribution in [3.63, 3.8) is 0 Å². The summed E-state index contributed by atoms with van der Waals surface area (Å²) in [7, 11) is 1.52. The van der Waals surface area contributed by atoms with Gasteiger partial charge in [-0.2, -0.15) is 0 Å². The Balaban J connectivity index is 2.17. The summed E-state index contributed by atoms with van der Waals surface area (Å²) in [5.41, 5.74) is 6.97. The molecule has 3 nitrogen and oxygen atoms in total. The molecule has 0 spiro atoms. The molecule has 1 aliphatic rings. The maximum Gasteiger partial charge on any atom is 0.141 e. The summed E-state index contributed by atoms with van der Waals surface area (Å²) in [4.78, 5) is 0. The van der Waals surface area contributed by atoms with Crippen LogP contribution in [0.15, 0.2) is 16.6 Å². The Morgan fingerprint density at radius 1 is 1.61 bits per heavy atom. The standard InChI is InChI=1S/C13H17BrFNO2/c1-17-13-7-11(15)10(14)6-9(13)12(16)5-8-3-2-4-18-8/h6-8,12H,2-5,16H2,1H3. The van der Waals surface area contributed by atoms with Gasteiger partial charge in [0.1, 0.15) is 11.6 Å². The average molecular weight is 318 g/mol. The summed E-state index contributed by atoms with van der Waals surface area (Å²) in [5, 5.41) is 0. The highest BCUT2D eigenvalue weighted by Crippen LogP contribution is 2.33. The van der Waals surface area contributed by atoms with Gasteiger partial charge in [-0.1, -0.05) is 0 Å². The fourth-order valence-electron chi connectivity index (χ4n) is 2.25. The van der Waals surface area contributed by atoms with E-state index < -0.39 is 0 Å². The molecule has 0 amide bonds. The van der Waals surface area contributed by atoms with E-state index in [0.29, 0.717) is 10.2 Å². The molecular formula is C13H17BrFNO2. The number of methoxy groups -OCH3 is 1. The Morgan fingerprint density at radius 3 is 3.00 bits per heavy atom. The maximum atomic E-state index is 13.4. The largest absolute Gasteiger partial charge is 0.496 e. The molecule has 0 aromatic heterocycles. The molecule has 1 saturated heterocycles.